The van der Waals surface area contributed by atoms with Crippen molar-refractivity contribution in [3.63, 3.8) is 0 Å². The van der Waals surface area contributed by atoms with Gasteiger partial charge >= 0.3 is 0 Å². The van der Waals surface area contributed by atoms with E-state index in [2.05, 4.69) is 60.7 Å². The summed E-state index contributed by atoms with van der Waals surface area (Å²) >= 11 is 0. The molecule has 0 spiro atoms. The van der Waals surface area contributed by atoms with E-state index in [1.165, 1.54) is 39.5 Å². The normalized spacial score (nSPS) is 26.1. The summed E-state index contributed by atoms with van der Waals surface area (Å²) in [5.74, 6) is 1.25. The molecule has 2 atom stereocenters. The molecule has 0 saturated carbocycles. The molecule has 0 aliphatic heterocycles. The third-order valence-corrected chi connectivity index (χ3v) is 4.86. The van der Waals surface area contributed by atoms with Crippen LogP contribution < -0.4 is 0 Å². The molecule has 0 heteroatoms. The molecular weight excluding hydrogens is 228 g/mol. The molecule has 19 heavy (non-hydrogen) atoms. The molecule has 3 aliphatic rings. The number of rotatable bonds is 0. The van der Waals surface area contributed by atoms with E-state index in [1.807, 2.05) is 0 Å². The van der Waals surface area contributed by atoms with Gasteiger partial charge in [-0.2, -0.15) is 0 Å². The molecule has 2 aromatic rings. The fourth-order valence-electron chi connectivity index (χ4n) is 4.15. The molecule has 0 aromatic heterocycles. The lowest BCUT2D eigenvalue weighted by molar-refractivity contribution is 0.580. The first-order valence-corrected chi connectivity index (χ1v) is 7.03. The van der Waals surface area contributed by atoms with E-state index < -0.39 is 0 Å². The Labute approximate surface area is 112 Å². The minimum Gasteiger partial charge on any atom is -0.0726 e. The molecule has 0 heterocycles. The Morgan fingerprint density at radius 1 is 1.00 bits per heavy atom. The summed E-state index contributed by atoms with van der Waals surface area (Å²) in [4.78, 5) is 0. The van der Waals surface area contributed by atoms with Crippen molar-refractivity contribution in [2.24, 2.45) is 5.92 Å². The molecule has 0 bridgehead atoms. The van der Waals surface area contributed by atoms with Crippen LogP contribution in [0.25, 0.3) is 10.8 Å². The summed E-state index contributed by atoms with van der Waals surface area (Å²) in [6, 6.07) is 13.5. The first-order valence-electron chi connectivity index (χ1n) is 7.03. The molecule has 2 aromatic carbocycles. The minimum absolute atomic E-state index is 0.587. The number of hydrogen-bond acceptors (Lipinski definition) is 0. The van der Waals surface area contributed by atoms with E-state index in [4.69, 9.17) is 0 Å². The van der Waals surface area contributed by atoms with Crippen molar-refractivity contribution in [2.75, 3.05) is 0 Å². The van der Waals surface area contributed by atoms with Crippen LogP contribution in [0.5, 0.6) is 0 Å². The zero-order valence-corrected chi connectivity index (χ0v) is 10.6. The van der Waals surface area contributed by atoms with Crippen LogP contribution in [0.1, 0.15) is 17.0 Å². The summed E-state index contributed by atoms with van der Waals surface area (Å²) in [5, 5.41) is 2.90. The Kier molecular flexibility index (Phi) is 1.69. The first kappa shape index (κ1) is 9.80. The fraction of sp³-hybridized carbons (Fsp3) is 0.158. The zero-order valence-electron chi connectivity index (χ0n) is 10.6. The largest absolute Gasteiger partial charge is 0.0726 e. The minimum atomic E-state index is 0.587. The second kappa shape index (κ2) is 3.27. The maximum Gasteiger partial charge on any atom is 0.0168 e. The van der Waals surface area contributed by atoms with Crippen molar-refractivity contribution in [1.29, 1.82) is 0 Å². The molecule has 0 nitrogen and oxygen atoms in total. The topological polar surface area (TPSA) is 0 Å². The van der Waals surface area contributed by atoms with Gasteiger partial charge in [-0.05, 0) is 45.4 Å². The molecule has 0 N–H and O–H groups in total. The third-order valence-electron chi connectivity index (χ3n) is 4.86. The van der Waals surface area contributed by atoms with Crippen molar-refractivity contribution in [3.05, 3.63) is 83.0 Å². The fourth-order valence-corrected chi connectivity index (χ4v) is 4.15. The smallest absolute Gasteiger partial charge is 0.0168 e. The average molecular weight is 242 g/mol. The van der Waals surface area contributed by atoms with Gasteiger partial charge in [0.25, 0.3) is 0 Å². The van der Waals surface area contributed by atoms with Crippen LogP contribution in [0, 0.1) is 5.92 Å². The van der Waals surface area contributed by atoms with Gasteiger partial charge in [0, 0.05) is 5.92 Å². The van der Waals surface area contributed by atoms with Crippen LogP contribution >= 0.6 is 0 Å². The highest BCUT2D eigenvalue weighted by Crippen LogP contribution is 2.51. The van der Waals surface area contributed by atoms with E-state index in [9.17, 15) is 0 Å². The van der Waals surface area contributed by atoms with Crippen molar-refractivity contribution < 1.29 is 0 Å². The number of benzene rings is 2. The first-order chi connectivity index (χ1) is 9.42. The monoisotopic (exact) mass is 242 g/mol. The highest BCUT2D eigenvalue weighted by molar-refractivity contribution is 5.91. The van der Waals surface area contributed by atoms with Gasteiger partial charge in [0.2, 0.25) is 0 Å². The molecule has 0 unspecified atom stereocenters. The van der Waals surface area contributed by atoms with E-state index in [1.54, 1.807) is 0 Å². The van der Waals surface area contributed by atoms with Crippen LogP contribution in [0.4, 0.5) is 0 Å². The molecule has 90 valence electrons. The zero-order chi connectivity index (χ0) is 12.4. The Morgan fingerprint density at radius 2 is 1.89 bits per heavy atom. The maximum absolute atomic E-state index is 2.48. The number of allylic oxidation sites excluding steroid dienone is 6. The van der Waals surface area contributed by atoms with Gasteiger partial charge in [0.05, 0.1) is 0 Å². The van der Waals surface area contributed by atoms with E-state index in [0.717, 1.165) is 0 Å². The van der Waals surface area contributed by atoms with Gasteiger partial charge in [0.15, 0.2) is 0 Å². The van der Waals surface area contributed by atoms with Crippen molar-refractivity contribution >= 4 is 10.8 Å². The van der Waals surface area contributed by atoms with Crippen molar-refractivity contribution in [2.45, 2.75) is 12.3 Å². The Hall–Kier alpha value is -2.08. The van der Waals surface area contributed by atoms with E-state index in [-0.39, 0.29) is 0 Å². The van der Waals surface area contributed by atoms with Gasteiger partial charge in [0.1, 0.15) is 0 Å². The molecular formula is C19H14. The highest BCUT2D eigenvalue weighted by atomic mass is 14.4. The van der Waals surface area contributed by atoms with E-state index in [0.29, 0.717) is 11.8 Å². The Bertz CT molecular complexity index is 797. The lowest BCUT2D eigenvalue weighted by atomic mass is 9.74. The molecule has 0 radical (unpaired) electrons. The summed E-state index contributed by atoms with van der Waals surface area (Å²) < 4.78 is 0. The van der Waals surface area contributed by atoms with Gasteiger partial charge in [-0.25, -0.2) is 0 Å². The summed E-state index contributed by atoms with van der Waals surface area (Å²) in [5.41, 5.74) is 6.05. The van der Waals surface area contributed by atoms with Crippen LogP contribution in [0.15, 0.2) is 71.8 Å². The Balaban J connectivity index is 1.85. The SMILES string of the molecule is C1=CC2=C[C@@H]3Cc4cccc5cccc(c45)[C@@H]3C2=C1. The van der Waals surface area contributed by atoms with Gasteiger partial charge in [-0.3, -0.25) is 0 Å². The van der Waals surface area contributed by atoms with Crippen molar-refractivity contribution in [3.8, 4) is 0 Å². The van der Waals surface area contributed by atoms with Crippen LogP contribution in [0.3, 0.4) is 0 Å². The van der Waals surface area contributed by atoms with Crippen LogP contribution in [-0.2, 0) is 6.42 Å². The highest BCUT2D eigenvalue weighted by Gasteiger charge is 2.37. The molecule has 0 saturated heterocycles. The van der Waals surface area contributed by atoms with Gasteiger partial charge < -0.3 is 0 Å². The number of hydrogen-bond donors (Lipinski definition) is 0. The molecule has 3 aliphatic carbocycles. The maximum atomic E-state index is 2.48. The summed E-state index contributed by atoms with van der Waals surface area (Å²) in [7, 11) is 0. The third kappa shape index (κ3) is 1.14. The van der Waals surface area contributed by atoms with E-state index >= 15 is 0 Å². The standard InChI is InChI=1S/C19H14/c1-4-12-5-2-9-17-18(12)14(7-1)11-15-10-13-6-3-8-16(13)19(15)17/h1-10,15,19H,11H2/t15-,19+/m1/s1. The molecule has 5 rings (SSSR count). The van der Waals surface area contributed by atoms with Crippen molar-refractivity contribution in [1.82, 2.24) is 0 Å². The van der Waals surface area contributed by atoms with Crippen LogP contribution in [-0.4, -0.2) is 0 Å². The molecule has 0 fully saturated rings. The quantitative estimate of drug-likeness (QED) is 0.636. The van der Waals surface area contributed by atoms with Gasteiger partial charge in [-0.1, -0.05) is 60.7 Å². The predicted octanol–water partition coefficient (Wildman–Crippen LogP) is 4.53. The molecule has 0 amide bonds. The lowest BCUT2D eigenvalue weighted by Crippen LogP contribution is -2.16. The lowest BCUT2D eigenvalue weighted by Gasteiger charge is -2.29. The van der Waals surface area contributed by atoms with Crippen LogP contribution in [0.2, 0.25) is 0 Å². The number of fused-ring (bicyclic) bond motifs is 4. The Morgan fingerprint density at radius 3 is 2.84 bits per heavy atom. The summed E-state index contributed by atoms with van der Waals surface area (Å²) in [6.45, 7) is 0. The summed E-state index contributed by atoms with van der Waals surface area (Å²) in [6.07, 6.45) is 10.4. The van der Waals surface area contributed by atoms with Gasteiger partial charge in [-0.15, -0.1) is 0 Å². The second-order valence-corrected chi connectivity index (χ2v) is 5.81. The average Bonchev–Trinajstić information content (AvgIpc) is 2.99. The second-order valence-electron chi connectivity index (χ2n) is 5.81. The predicted molar refractivity (Wildman–Crippen MR) is 79.2 cm³/mol.